The number of hydrogen-bond acceptors (Lipinski definition) is 1. The van der Waals surface area contributed by atoms with E-state index < -0.39 is 0 Å². The van der Waals surface area contributed by atoms with Crippen LogP contribution in [-0.2, 0) is 6.54 Å². The fraction of sp³-hybridized carbons (Fsp3) is 0.565. The number of fused-ring (bicyclic) bond motifs is 1. The second kappa shape index (κ2) is 9.66. The smallest absolute Gasteiger partial charge is 0.128 e. The third kappa shape index (κ3) is 5.11. The van der Waals surface area contributed by atoms with Crippen LogP contribution >= 0.6 is 0 Å². The van der Waals surface area contributed by atoms with Gasteiger partial charge in [-0.3, -0.25) is 4.90 Å². The molecular weight excluding hydrogens is 309 g/mol. The molecular formula is C23H32FN. The first-order valence-corrected chi connectivity index (χ1v) is 9.80. The largest absolute Gasteiger partial charge is 0.297 e. The van der Waals surface area contributed by atoms with Gasteiger partial charge in [0.1, 0.15) is 5.82 Å². The average Bonchev–Trinajstić information content (AvgIpc) is 3.00. The van der Waals surface area contributed by atoms with E-state index >= 15 is 0 Å². The molecule has 1 heterocycles. The van der Waals surface area contributed by atoms with Crippen LogP contribution in [0.15, 0.2) is 24.3 Å². The molecule has 0 radical (unpaired) electrons. The van der Waals surface area contributed by atoms with Crippen molar-refractivity contribution in [3.63, 3.8) is 0 Å². The topological polar surface area (TPSA) is 3.24 Å². The minimum Gasteiger partial charge on any atom is -0.297 e. The summed E-state index contributed by atoms with van der Waals surface area (Å²) in [4.78, 5) is 1.91. The molecule has 0 N–H and O–H groups in total. The lowest BCUT2D eigenvalue weighted by Crippen LogP contribution is -2.10. The van der Waals surface area contributed by atoms with Gasteiger partial charge in [-0.1, -0.05) is 77.0 Å². The first kappa shape index (κ1) is 19.6. The Morgan fingerprint density at radius 2 is 1.92 bits per heavy atom. The summed E-state index contributed by atoms with van der Waals surface area (Å²) in [6.07, 6.45) is 10.2. The number of benzene rings is 1. The molecule has 1 aliphatic heterocycles. The van der Waals surface area contributed by atoms with E-state index in [4.69, 9.17) is 0 Å². The summed E-state index contributed by atoms with van der Waals surface area (Å²) in [6, 6.07) is 8.25. The van der Waals surface area contributed by atoms with Crippen LogP contribution in [0.1, 0.15) is 77.3 Å². The first-order chi connectivity index (χ1) is 12.1. The molecule has 0 unspecified atom stereocenters. The summed E-state index contributed by atoms with van der Waals surface area (Å²) in [5, 5.41) is 0. The van der Waals surface area contributed by atoms with Crippen molar-refractivity contribution in [3.05, 3.63) is 41.2 Å². The summed E-state index contributed by atoms with van der Waals surface area (Å²) in [5.74, 6) is 4.97. The van der Waals surface area contributed by atoms with Gasteiger partial charge >= 0.3 is 0 Å². The molecule has 1 aromatic rings. The first-order valence-electron chi connectivity index (χ1n) is 9.80. The SMILES string of the molecule is C/C=C1/c2cccc(F)c2CN1C#CCC.CCC1CCC(C)CC1. The van der Waals surface area contributed by atoms with Crippen molar-refractivity contribution in [1.82, 2.24) is 4.90 Å². The van der Waals surface area contributed by atoms with E-state index in [0.29, 0.717) is 6.54 Å². The lowest BCUT2D eigenvalue weighted by atomic mass is 9.82. The van der Waals surface area contributed by atoms with Gasteiger partial charge in [-0.25, -0.2) is 4.39 Å². The van der Waals surface area contributed by atoms with Gasteiger partial charge in [0.05, 0.1) is 12.2 Å². The van der Waals surface area contributed by atoms with Crippen molar-refractivity contribution < 1.29 is 4.39 Å². The Balaban J connectivity index is 0.000000212. The zero-order valence-corrected chi connectivity index (χ0v) is 16.2. The minimum atomic E-state index is -0.141. The zero-order chi connectivity index (χ0) is 18.2. The molecule has 0 bridgehead atoms. The Bertz CT molecular complexity index is 642. The van der Waals surface area contributed by atoms with Crippen LogP contribution in [0.5, 0.6) is 0 Å². The van der Waals surface area contributed by atoms with Gasteiger partial charge in [-0.2, -0.15) is 0 Å². The van der Waals surface area contributed by atoms with Gasteiger partial charge in [0.25, 0.3) is 0 Å². The van der Waals surface area contributed by atoms with E-state index in [1.807, 2.05) is 30.9 Å². The molecule has 1 fully saturated rings. The highest BCUT2D eigenvalue weighted by Gasteiger charge is 2.24. The second-order valence-corrected chi connectivity index (χ2v) is 7.20. The van der Waals surface area contributed by atoms with E-state index in [2.05, 4.69) is 25.8 Å². The predicted molar refractivity (Wildman–Crippen MR) is 105 cm³/mol. The Morgan fingerprint density at radius 3 is 2.52 bits per heavy atom. The summed E-state index contributed by atoms with van der Waals surface area (Å²) in [6.45, 7) is 9.21. The molecule has 136 valence electrons. The molecule has 1 nitrogen and oxygen atoms in total. The Hall–Kier alpha value is -1.75. The minimum absolute atomic E-state index is 0.141. The Kier molecular flexibility index (Phi) is 7.56. The predicted octanol–water partition coefficient (Wildman–Crippen LogP) is 6.60. The molecule has 1 saturated carbocycles. The quantitative estimate of drug-likeness (QED) is 0.520. The highest BCUT2D eigenvalue weighted by molar-refractivity contribution is 5.72. The third-order valence-corrected chi connectivity index (χ3v) is 5.38. The molecule has 1 aromatic carbocycles. The molecule has 0 spiro atoms. The van der Waals surface area contributed by atoms with Crippen molar-refractivity contribution in [2.75, 3.05) is 0 Å². The summed E-state index contributed by atoms with van der Waals surface area (Å²) >= 11 is 0. The van der Waals surface area contributed by atoms with Gasteiger partial charge in [0, 0.05) is 23.6 Å². The number of hydrogen-bond donors (Lipinski definition) is 0. The molecule has 1 aliphatic carbocycles. The number of nitrogens with zero attached hydrogens (tertiary/aromatic N) is 1. The maximum Gasteiger partial charge on any atom is 0.128 e. The molecule has 3 rings (SSSR count). The third-order valence-electron chi connectivity index (χ3n) is 5.38. The second-order valence-electron chi connectivity index (χ2n) is 7.20. The van der Waals surface area contributed by atoms with E-state index in [0.717, 1.165) is 35.1 Å². The lowest BCUT2D eigenvalue weighted by Gasteiger charge is -2.24. The van der Waals surface area contributed by atoms with Crippen LogP contribution in [0.25, 0.3) is 5.70 Å². The molecule has 0 saturated heterocycles. The van der Waals surface area contributed by atoms with Gasteiger partial charge in [-0.05, 0) is 24.8 Å². The average molecular weight is 342 g/mol. The normalized spacial score (nSPS) is 23.4. The van der Waals surface area contributed by atoms with Crippen molar-refractivity contribution in [2.45, 2.75) is 72.8 Å². The van der Waals surface area contributed by atoms with E-state index in [9.17, 15) is 4.39 Å². The van der Waals surface area contributed by atoms with Crippen molar-refractivity contribution in [1.29, 1.82) is 0 Å². The van der Waals surface area contributed by atoms with Gasteiger partial charge in [0.2, 0.25) is 0 Å². The standard InChI is InChI=1S/C14H14FN.C9H18/c1-3-5-9-16-10-12-11(14(16)4-2)7-6-8-13(12)15;1-3-9-6-4-8(2)5-7-9/h4,6-8H,3,10H2,1-2H3;8-9H,3-7H2,1-2H3/b14-4-;. The zero-order valence-electron chi connectivity index (χ0n) is 16.2. The van der Waals surface area contributed by atoms with Crippen LogP contribution in [0.3, 0.4) is 0 Å². The van der Waals surface area contributed by atoms with E-state index in [1.165, 1.54) is 38.2 Å². The molecule has 25 heavy (non-hydrogen) atoms. The Labute approximate surface area is 153 Å². The summed E-state index contributed by atoms with van der Waals surface area (Å²) in [5.41, 5.74) is 2.73. The van der Waals surface area contributed by atoms with Crippen LogP contribution in [0, 0.1) is 29.6 Å². The molecule has 2 aliphatic rings. The maximum absolute atomic E-state index is 13.6. The highest BCUT2D eigenvalue weighted by Crippen LogP contribution is 2.33. The van der Waals surface area contributed by atoms with E-state index in [-0.39, 0.29) is 5.82 Å². The monoisotopic (exact) mass is 341 g/mol. The van der Waals surface area contributed by atoms with Crippen molar-refractivity contribution in [2.24, 2.45) is 11.8 Å². The summed E-state index contributed by atoms with van der Waals surface area (Å²) in [7, 11) is 0. The van der Waals surface area contributed by atoms with Gasteiger partial charge in [0.15, 0.2) is 0 Å². The fourth-order valence-corrected chi connectivity index (χ4v) is 3.67. The molecule has 0 atom stereocenters. The molecule has 0 aromatic heterocycles. The summed E-state index contributed by atoms with van der Waals surface area (Å²) < 4.78 is 13.6. The van der Waals surface area contributed by atoms with Crippen molar-refractivity contribution in [3.8, 4) is 12.0 Å². The van der Waals surface area contributed by atoms with Crippen molar-refractivity contribution >= 4 is 5.70 Å². The molecule has 2 heteroatoms. The lowest BCUT2D eigenvalue weighted by molar-refractivity contribution is 0.284. The Morgan fingerprint density at radius 1 is 1.20 bits per heavy atom. The van der Waals surface area contributed by atoms with Crippen LogP contribution < -0.4 is 0 Å². The number of rotatable bonds is 1. The van der Waals surface area contributed by atoms with Crippen LogP contribution in [0.4, 0.5) is 4.39 Å². The van der Waals surface area contributed by atoms with Gasteiger partial charge < -0.3 is 0 Å². The number of allylic oxidation sites excluding steroid dienone is 1. The molecule has 0 amide bonds. The maximum atomic E-state index is 13.6. The fourth-order valence-electron chi connectivity index (χ4n) is 3.67. The van der Waals surface area contributed by atoms with Crippen LogP contribution in [0.2, 0.25) is 0 Å². The van der Waals surface area contributed by atoms with Gasteiger partial charge in [-0.15, -0.1) is 0 Å². The highest BCUT2D eigenvalue weighted by atomic mass is 19.1. The van der Waals surface area contributed by atoms with Crippen LogP contribution in [-0.4, -0.2) is 4.90 Å². The van der Waals surface area contributed by atoms with E-state index in [1.54, 1.807) is 6.07 Å². The number of halogens is 1.